The number of nitrogens with one attached hydrogen (secondary N) is 1. The number of amides is 2. The van der Waals surface area contributed by atoms with Crippen LogP contribution in [0, 0.1) is 24.2 Å². The van der Waals surface area contributed by atoms with Crippen molar-refractivity contribution in [3.05, 3.63) is 78.1 Å². The zero-order chi connectivity index (χ0) is 42.7. The fourth-order valence-electron chi connectivity index (χ4n) is 7.61. The van der Waals surface area contributed by atoms with Crippen molar-refractivity contribution in [3.8, 4) is 0 Å². The molecule has 2 aliphatic heterocycles. The first-order chi connectivity index (χ1) is 26.8. The Labute approximate surface area is 335 Å². The summed E-state index contributed by atoms with van der Waals surface area (Å²) in [5.74, 6) is -2.72. The van der Waals surface area contributed by atoms with Crippen LogP contribution in [-0.2, 0) is 54.1 Å². The predicted molar refractivity (Wildman–Crippen MR) is 209 cm³/mol. The maximum absolute atomic E-state index is 13.4. The number of methoxy groups -OCH3 is 2. The Kier molecular flexibility index (Phi) is 16.3. The number of aliphatic hydroxyl groups is 1. The van der Waals surface area contributed by atoms with Gasteiger partial charge in [-0.05, 0) is 44.8 Å². The number of aryl methyl sites for hydroxylation is 1. The van der Waals surface area contributed by atoms with E-state index < -0.39 is 76.6 Å². The topological polar surface area (TPSA) is 193 Å². The highest BCUT2D eigenvalue weighted by molar-refractivity contribution is 6.00. The minimum Gasteiger partial charge on any atom is -0.458 e. The maximum Gasteiger partial charge on any atom is 0.339 e. The SMILES string of the molecule is COCC1OC(=O)C12N(C)C(=O)C(C)C2(O)C(CC(C)C(/C=C/C=C/CNC(=O)C(C)(C)C(OC(C)=O)/C(C)=C/C=C/C=C/Cc1cnc(C)o1)OC(C)=O)OC. The lowest BCUT2D eigenvalue weighted by Crippen LogP contribution is -2.81. The standard InChI is InChI=1S/C42H59N3O12/c1-26(19-15-12-13-16-20-32-24-44-29(4)54-32)36(56-31(6)47)40(7,8)38(49)43-22-18-14-17-21-33(55-30(5)46)27(2)23-34(53-11)42(51)28(3)37(48)45(9)41(42)35(25-52-10)57-39(41)50/h12-19,21,24,27-28,33-36,51H,20,22-23,25H2,1-11H3,(H,43,49)/b15-12+,16-13+,18-14+,21-17+,26-19+. The van der Waals surface area contributed by atoms with Gasteiger partial charge in [0.05, 0.1) is 30.2 Å². The molecule has 8 unspecified atom stereocenters. The molecule has 0 aromatic carbocycles. The monoisotopic (exact) mass is 797 g/mol. The largest absolute Gasteiger partial charge is 0.458 e. The van der Waals surface area contributed by atoms with Crippen molar-refractivity contribution in [1.82, 2.24) is 15.2 Å². The Balaban J connectivity index is 1.67. The minimum absolute atomic E-state index is 0.0421. The van der Waals surface area contributed by atoms with E-state index in [1.165, 1.54) is 40.0 Å². The fraction of sp³-hybridized carbons (Fsp3) is 0.571. The van der Waals surface area contributed by atoms with Crippen molar-refractivity contribution >= 4 is 29.7 Å². The van der Waals surface area contributed by atoms with Crippen LogP contribution in [0.4, 0.5) is 0 Å². The second-order valence-corrected chi connectivity index (χ2v) is 15.1. The predicted octanol–water partition coefficient (Wildman–Crippen LogP) is 3.89. The number of likely N-dealkylation sites (tertiary alicyclic amines) is 1. The van der Waals surface area contributed by atoms with Gasteiger partial charge < -0.3 is 43.4 Å². The van der Waals surface area contributed by atoms with Crippen LogP contribution in [0.5, 0.6) is 0 Å². The van der Waals surface area contributed by atoms with Gasteiger partial charge in [-0.15, -0.1) is 0 Å². The van der Waals surface area contributed by atoms with Crippen molar-refractivity contribution in [1.29, 1.82) is 0 Å². The Morgan fingerprint density at radius 2 is 1.72 bits per heavy atom. The van der Waals surface area contributed by atoms with E-state index >= 15 is 0 Å². The van der Waals surface area contributed by atoms with Gasteiger partial charge >= 0.3 is 17.9 Å². The number of rotatable bonds is 20. The molecule has 15 heteroatoms. The molecule has 0 radical (unpaired) electrons. The average Bonchev–Trinajstić information content (AvgIpc) is 3.63. The maximum atomic E-state index is 13.4. The molecule has 1 spiro atoms. The van der Waals surface area contributed by atoms with Crippen LogP contribution in [0.2, 0.25) is 0 Å². The highest BCUT2D eigenvalue weighted by Crippen LogP contribution is 2.54. The highest BCUT2D eigenvalue weighted by Gasteiger charge is 2.81. The van der Waals surface area contributed by atoms with Gasteiger partial charge in [0.25, 0.3) is 0 Å². The summed E-state index contributed by atoms with van der Waals surface area (Å²) >= 11 is 0. The fourth-order valence-corrected chi connectivity index (χ4v) is 7.61. The Morgan fingerprint density at radius 3 is 2.30 bits per heavy atom. The van der Waals surface area contributed by atoms with Gasteiger partial charge in [0.15, 0.2) is 12.0 Å². The third kappa shape index (κ3) is 10.2. The number of esters is 3. The lowest BCUT2D eigenvalue weighted by molar-refractivity contribution is -0.264. The first-order valence-corrected chi connectivity index (χ1v) is 18.9. The zero-order valence-electron chi connectivity index (χ0n) is 34.9. The van der Waals surface area contributed by atoms with E-state index in [0.717, 1.165) is 5.76 Å². The van der Waals surface area contributed by atoms with Crippen LogP contribution >= 0.6 is 0 Å². The molecule has 2 aliphatic rings. The summed E-state index contributed by atoms with van der Waals surface area (Å²) in [6, 6.07) is 0. The smallest absolute Gasteiger partial charge is 0.339 e. The van der Waals surface area contributed by atoms with Crippen molar-refractivity contribution in [2.24, 2.45) is 17.3 Å². The number of hydrogen-bond acceptors (Lipinski definition) is 13. The first kappa shape index (κ1) is 46.5. The second kappa shape index (κ2) is 20.0. The van der Waals surface area contributed by atoms with Gasteiger partial charge in [-0.1, -0.05) is 62.5 Å². The molecule has 57 heavy (non-hydrogen) atoms. The molecule has 3 rings (SSSR count). The number of allylic oxidation sites excluding steroid dienone is 7. The number of oxazole rings is 1. The summed E-state index contributed by atoms with van der Waals surface area (Å²) < 4.78 is 33.1. The van der Waals surface area contributed by atoms with Gasteiger partial charge in [0.2, 0.25) is 17.4 Å². The number of nitrogens with zero attached hydrogens (tertiary/aromatic N) is 2. The summed E-state index contributed by atoms with van der Waals surface area (Å²) in [5.41, 5.74) is -4.18. The molecule has 0 bridgehead atoms. The Morgan fingerprint density at radius 1 is 1.05 bits per heavy atom. The normalized spacial score (nSPS) is 25.0. The summed E-state index contributed by atoms with van der Waals surface area (Å²) in [5, 5.41) is 15.2. The summed E-state index contributed by atoms with van der Waals surface area (Å²) in [6.45, 7) is 13.0. The molecule has 314 valence electrons. The lowest BCUT2D eigenvalue weighted by Gasteiger charge is -2.56. The molecular formula is C42H59N3O12. The number of carbonyl (C=O) groups is 5. The van der Waals surface area contributed by atoms with Crippen LogP contribution < -0.4 is 5.32 Å². The molecule has 1 aromatic rings. The quantitative estimate of drug-likeness (QED) is 0.110. The number of likely N-dealkylation sites (N-methyl/N-ethyl adjacent to an activating group) is 1. The van der Waals surface area contributed by atoms with Crippen molar-refractivity contribution in [3.63, 3.8) is 0 Å². The van der Waals surface area contributed by atoms with Crippen molar-refractivity contribution < 1.29 is 57.2 Å². The van der Waals surface area contributed by atoms with Crippen LogP contribution in [0.25, 0.3) is 0 Å². The van der Waals surface area contributed by atoms with E-state index in [2.05, 4.69) is 10.3 Å². The molecule has 15 nitrogen and oxygen atoms in total. The van der Waals surface area contributed by atoms with E-state index in [1.54, 1.807) is 84.2 Å². The molecule has 2 amide bonds. The number of aromatic nitrogens is 1. The van der Waals surface area contributed by atoms with E-state index in [1.807, 2.05) is 18.2 Å². The molecule has 3 heterocycles. The number of ether oxygens (including phenoxy) is 5. The molecule has 2 N–H and O–H groups in total. The van der Waals surface area contributed by atoms with Crippen LogP contribution in [0.1, 0.15) is 66.5 Å². The third-order valence-corrected chi connectivity index (χ3v) is 10.6. The van der Waals surface area contributed by atoms with Crippen LogP contribution in [0.15, 0.2) is 70.9 Å². The Bertz CT molecular complexity index is 1760. The van der Waals surface area contributed by atoms with Gasteiger partial charge in [0.1, 0.15) is 23.6 Å². The van der Waals surface area contributed by atoms with Crippen molar-refractivity contribution in [2.75, 3.05) is 34.4 Å². The summed E-state index contributed by atoms with van der Waals surface area (Å²) in [7, 11) is 4.27. The van der Waals surface area contributed by atoms with Crippen LogP contribution in [-0.4, -0.2) is 115 Å². The number of cyclic esters (lactones) is 1. The van der Waals surface area contributed by atoms with Crippen LogP contribution in [0.3, 0.4) is 0 Å². The highest BCUT2D eigenvalue weighted by atomic mass is 16.6. The molecule has 0 saturated carbocycles. The summed E-state index contributed by atoms with van der Waals surface area (Å²) in [4.78, 5) is 69.3. The van der Waals surface area contributed by atoms with E-state index in [-0.39, 0.29) is 25.5 Å². The van der Waals surface area contributed by atoms with Crippen molar-refractivity contribution in [2.45, 2.75) is 104 Å². The molecule has 0 aliphatic carbocycles. The average molecular weight is 798 g/mol. The second-order valence-electron chi connectivity index (χ2n) is 15.1. The molecule has 2 saturated heterocycles. The molecular weight excluding hydrogens is 738 g/mol. The van der Waals surface area contributed by atoms with E-state index in [0.29, 0.717) is 17.9 Å². The molecule has 8 atom stereocenters. The first-order valence-electron chi connectivity index (χ1n) is 18.9. The van der Waals surface area contributed by atoms with Gasteiger partial charge in [-0.3, -0.25) is 19.2 Å². The van der Waals surface area contributed by atoms with E-state index in [4.69, 9.17) is 28.1 Å². The van der Waals surface area contributed by atoms with Gasteiger partial charge in [-0.2, -0.15) is 0 Å². The minimum atomic E-state index is -1.99. The van der Waals surface area contributed by atoms with Gasteiger partial charge in [0, 0.05) is 55.0 Å². The number of hydrogen-bond donors (Lipinski definition) is 2. The summed E-state index contributed by atoms with van der Waals surface area (Å²) in [6.07, 6.45) is 14.7. The molecule has 2 fully saturated rings. The van der Waals surface area contributed by atoms with Gasteiger partial charge in [-0.25, -0.2) is 9.78 Å². The third-order valence-electron chi connectivity index (χ3n) is 10.6. The number of carbonyl (C=O) groups excluding carboxylic acids is 5. The molecule has 1 aromatic heterocycles. The Hall–Kier alpha value is -4.86. The lowest BCUT2D eigenvalue weighted by atomic mass is 9.65. The zero-order valence-corrected chi connectivity index (χ0v) is 34.9. The van der Waals surface area contributed by atoms with E-state index in [9.17, 15) is 29.1 Å².